The van der Waals surface area contributed by atoms with Crippen LogP contribution in [0.1, 0.15) is 23.1 Å². The number of rotatable bonds is 8. The molecule has 10 aromatic carbocycles. The number of hydrogen-bond acceptors (Lipinski definition) is 4. The average molecular weight is 1110 g/mol. The summed E-state index contributed by atoms with van der Waals surface area (Å²) in [6, 6.07) is 96.9. The molecule has 1 aliphatic heterocycles. The van der Waals surface area contributed by atoms with Gasteiger partial charge in [0.1, 0.15) is 5.84 Å². The number of hydrogen-bond donors (Lipinski definition) is 0. The van der Waals surface area contributed by atoms with Crippen molar-refractivity contribution in [3.8, 4) is 11.1 Å². The van der Waals surface area contributed by atoms with E-state index in [0.717, 1.165) is 42.3 Å². The first-order valence-electron chi connectivity index (χ1n) is 29.5. The molecule has 5 nitrogen and oxygen atoms in total. The molecule has 0 saturated carbocycles. The summed E-state index contributed by atoms with van der Waals surface area (Å²) in [5, 5.41) is 2.63. The van der Waals surface area contributed by atoms with Crippen LogP contribution in [-0.4, -0.2) is 68.8 Å². The monoisotopic (exact) mass is 1110 g/mol. The zero-order valence-electron chi connectivity index (χ0n) is 50.5. The van der Waals surface area contributed by atoms with Gasteiger partial charge in [-0.15, -0.1) is 0 Å². The van der Waals surface area contributed by atoms with E-state index in [1.165, 1.54) is 66.0 Å². The third-order valence-corrected chi connectivity index (χ3v) is 14.9. The van der Waals surface area contributed by atoms with E-state index in [-0.39, 0.29) is 0 Å². The molecule has 0 amide bonds. The van der Waals surface area contributed by atoms with Gasteiger partial charge in [0.05, 0.1) is 12.1 Å². The third kappa shape index (κ3) is 18.1. The van der Waals surface area contributed by atoms with Gasteiger partial charge in [0.25, 0.3) is 0 Å². The van der Waals surface area contributed by atoms with Crippen molar-refractivity contribution in [3.05, 3.63) is 332 Å². The maximum atomic E-state index is 5.14. The first kappa shape index (κ1) is 61.4. The lowest BCUT2D eigenvalue weighted by Crippen LogP contribution is -2.40. The van der Waals surface area contributed by atoms with Gasteiger partial charge in [-0.25, -0.2) is 4.99 Å². The smallest absolute Gasteiger partial charge is 0.206 e. The van der Waals surface area contributed by atoms with E-state index in [1.54, 1.807) is 0 Å². The normalized spacial score (nSPS) is 12.0. The zero-order valence-corrected chi connectivity index (χ0v) is 50.5. The Bertz CT molecular complexity index is 3790. The number of amidine groups is 2. The van der Waals surface area contributed by atoms with Crippen LogP contribution in [-0.2, 0) is 7.05 Å². The number of fused-ring (bicyclic) bond motifs is 3. The molecule has 0 saturated heterocycles. The molecule has 0 radical (unpaired) electrons. The lowest BCUT2D eigenvalue weighted by Gasteiger charge is -2.20. The molecule has 0 fully saturated rings. The Labute approximate surface area is 507 Å². The Morgan fingerprint density at radius 3 is 1.35 bits per heavy atom. The van der Waals surface area contributed by atoms with Crippen molar-refractivity contribution in [1.29, 1.82) is 0 Å². The van der Waals surface area contributed by atoms with Gasteiger partial charge < -0.3 is 14.4 Å². The number of nitrogens with zero attached hydrogens (tertiary/aromatic N) is 5. The molecule has 0 atom stereocenters. The molecule has 2 aliphatic rings. The summed E-state index contributed by atoms with van der Waals surface area (Å²) in [6.07, 6.45) is 13.5. The van der Waals surface area contributed by atoms with Crippen molar-refractivity contribution < 1.29 is 0 Å². The van der Waals surface area contributed by atoms with Crippen molar-refractivity contribution in [2.24, 2.45) is 17.0 Å². The highest BCUT2D eigenvalue weighted by Crippen LogP contribution is 2.38. The molecule has 2 heterocycles. The minimum Gasteiger partial charge on any atom is -0.377 e. The minimum absolute atomic E-state index is 0.305. The van der Waals surface area contributed by atoms with Crippen molar-refractivity contribution in [2.75, 3.05) is 39.1 Å². The van der Waals surface area contributed by atoms with Crippen LogP contribution >= 0.6 is 0 Å². The van der Waals surface area contributed by atoms with Gasteiger partial charge in [0, 0.05) is 73.4 Å². The van der Waals surface area contributed by atoms with E-state index in [1.807, 2.05) is 103 Å². The topological polar surface area (TPSA) is 36.1 Å². The molecule has 85 heavy (non-hydrogen) atoms. The van der Waals surface area contributed by atoms with Gasteiger partial charge in [-0.05, 0) is 37.1 Å². The molecule has 11 aromatic rings. The highest BCUT2D eigenvalue weighted by Gasteiger charge is 2.20. The van der Waals surface area contributed by atoms with Crippen molar-refractivity contribution in [2.45, 2.75) is 27.0 Å². The quantitative estimate of drug-likeness (QED) is 0.142. The Morgan fingerprint density at radius 2 is 0.847 bits per heavy atom. The van der Waals surface area contributed by atoms with Crippen molar-refractivity contribution in [3.63, 3.8) is 0 Å². The Hall–Kier alpha value is -9.71. The predicted octanol–water partition coefficient (Wildman–Crippen LogP) is 15.8. The Kier molecular flexibility index (Phi) is 23.7. The fourth-order valence-corrected chi connectivity index (χ4v) is 10.1. The summed E-state index contributed by atoms with van der Waals surface area (Å²) in [7, 11) is 8.47. The summed E-state index contributed by atoms with van der Waals surface area (Å²) in [5.41, 5.74) is 15.0. The zero-order chi connectivity index (χ0) is 59.4. The molecule has 422 valence electrons. The molecule has 0 N–H and O–H groups in total. The fraction of sp³-hybridized carbons (Fsp3) is 0.128. The van der Waals surface area contributed by atoms with E-state index in [2.05, 4.69) is 275 Å². The van der Waals surface area contributed by atoms with Crippen LogP contribution in [0.4, 0.5) is 5.69 Å². The number of aliphatic imine (C=N–C) groups is 2. The largest absolute Gasteiger partial charge is 0.377 e. The SMILES string of the molecule is C1=CC=CCC=C1.CB(c1ccccc1)c1cccc(C2=NCCN(C)C(c3cccc(B(C)c4ccccc4)c3)=N2)c1.CN(C)c1cc2c(cc1-c1ccccc1)c1ccccc1n2C.Cc1ccccc1.c1ccccc1.c1ccccc1. The molecule has 0 unspecified atom stereocenters. The lowest BCUT2D eigenvalue weighted by molar-refractivity contribution is 0.522. The van der Waals surface area contributed by atoms with Crippen molar-refractivity contribution in [1.82, 2.24) is 9.47 Å². The summed E-state index contributed by atoms with van der Waals surface area (Å²) >= 11 is 0. The number of aryl methyl sites for hydroxylation is 2. The summed E-state index contributed by atoms with van der Waals surface area (Å²) in [5.74, 6) is 1.77. The average Bonchev–Trinajstić information content (AvgIpc) is 2.71. The van der Waals surface area contributed by atoms with Crippen LogP contribution in [0, 0.1) is 6.92 Å². The van der Waals surface area contributed by atoms with Crippen molar-refractivity contribution >= 4 is 74.4 Å². The van der Waals surface area contributed by atoms with Gasteiger partial charge in [-0.2, -0.15) is 0 Å². The summed E-state index contributed by atoms with van der Waals surface area (Å²) in [4.78, 5) is 14.4. The molecular formula is C78H79B2N5. The van der Waals surface area contributed by atoms with E-state index in [0.29, 0.717) is 13.4 Å². The van der Waals surface area contributed by atoms with Crippen LogP contribution in [0.2, 0.25) is 13.6 Å². The third-order valence-electron chi connectivity index (χ3n) is 14.9. The maximum absolute atomic E-state index is 5.14. The van der Waals surface area contributed by atoms with E-state index in [4.69, 9.17) is 9.98 Å². The van der Waals surface area contributed by atoms with Gasteiger partial charge in [-0.3, -0.25) is 4.99 Å². The van der Waals surface area contributed by atoms with E-state index >= 15 is 0 Å². The van der Waals surface area contributed by atoms with Gasteiger partial charge in [-0.1, -0.05) is 338 Å². The maximum Gasteiger partial charge on any atom is 0.206 e. The first-order valence-corrected chi connectivity index (χ1v) is 29.5. The number of likely N-dealkylation sites (N-methyl/N-ethyl adjacent to an activating group) is 1. The highest BCUT2D eigenvalue weighted by molar-refractivity contribution is 6.84. The Morgan fingerprint density at radius 1 is 0.412 bits per heavy atom. The molecule has 7 heteroatoms. The summed E-state index contributed by atoms with van der Waals surface area (Å²) in [6.45, 7) is 8.77. The summed E-state index contributed by atoms with van der Waals surface area (Å²) < 4.78 is 2.28. The van der Waals surface area contributed by atoms with Crippen LogP contribution in [0.25, 0.3) is 32.9 Å². The number of benzene rings is 10. The first-order chi connectivity index (χ1) is 41.7. The van der Waals surface area contributed by atoms with Crippen LogP contribution in [0.3, 0.4) is 0 Å². The van der Waals surface area contributed by atoms with Crippen LogP contribution < -0.4 is 26.8 Å². The fourth-order valence-electron chi connectivity index (χ4n) is 10.1. The molecule has 13 rings (SSSR count). The molecular weight excluding hydrogens is 1030 g/mol. The number of allylic oxidation sites excluding steroid dienone is 6. The van der Waals surface area contributed by atoms with E-state index in [9.17, 15) is 0 Å². The van der Waals surface area contributed by atoms with Crippen LogP contribution in [0.15, 0.2) is 325 Å². The second kappa shape index (κ2) is 32.8. The molecule has 1 aliphatic carbocycles. The predicted molar refractivity (Wildman–Crippen MR) is 374 cm³/mol. The number of anilines is 1. The highest BCUT2D eigenvalue weighted by atomic mass is 15.2. The standard InChI is InChI=1S/C31H31B2N3.C21H20N2.2C7H8.2C6H6/c1-32(26-14-6-4-7-15-26)28-18-10-12-24(22-28)30-34-20-21-36(3)31(35-30)25-13-11-19-29(23-25)33(2)27-16-8-5-9-17-27;1-22(2)20-14-21-18(13-17(20)15-9-5-4-6-10-15)16-11-7-8-12-19(16)23(21)3;1-7-5-3-2-4-6-7;1-2-4-6-7-5-3-1;2*1-2-4-6-5-3-1/h4-19,22-23H,20-21H2,1-3H3;4-14H,1-3H3;2-6H,1H3;1-6H,7H2;2*1-6H. The lowest BCUT2D eigenvalue weighted by atomic mass is 9.42. The molecule has 1 aromatic heterocycles. The number of aromatic nitrogens is 1. The van der Waals surface area contributed by atoms with Gasteiger partial charge >= 0.3 is 0 Å². The second-order valence-electron chi connectivity index (χ2n) is 21.2. The second-order valence-corrected chi connectivity index (χ2v) is 21.2. The Balaban J connectivity index is 0.000000160. The molecule has 0 bridgehead atoms. The van der Waals surface area contributed by atoms with Gasteiger partial charge in [0.2, 0.25) is 13.4 Å². The molecule has 0 spiro atoms. The van der Waals surface area contributed by atoms with E-state index < -0.39 is 0 Å². The van der Waals surface area contributed by atoms with Gasteiger partial charge in [0.15, 0.2) is 5.84 Å². The minimum atomic E-state index is 0.305. The van der Waals surface area contributed by atoms with Crippen LogP contribution in [0.5, 0.6) is 0 Å². The number of para-hydroxylation sites is 1.